The highest BCUT2D eigenvalue weighted by Gasteiger charge is 2.54. The molecular weight excluding hydrogens is 518 g/mol. The zero-order valence-electron chi connectivity index (χ0n) is 21.3. The molecular formula is C28H31F4N3O4. The zero-order valence-corrected chi connectivity index (χ0v) is 21.3. The molecule has 3 heterocycles. The number of piperidine rings is 1. The second kappa shape index (κ2) is 10.8. The van der Waals surface area contributed by atoms with Crippen molar-refractivity contribution in [2.45, 2.75) is 68.8 Å². The molecule has 3 fully saturated rings. The van der Waals surface area contributed by atoms with Crippen molar-refractivity contribution in [3.8, 4) is 0 Å². The summed E-state index contributed by atoms with van der Waals surface area (Å²) in [6.45, 7) is 1.80. The Morgan fingerprint density at radius 3 is 2.44 bits per heavy atom. The second-order valence-electron chi connectivity index (χ2n) is 10.8. The molecule has 1 aliphatic carbocycles. The molecule has 1 aromatic carbocycles. The number of ether oxygens (including phenoxy) is 1. The van der Waals surface area contributed by atoms with Gasteiger partial charge in [0.15, 0.2) is 0 Å². The van der Waals surface area contributed by atoms with Gasteiger partial charge in [-0.2, -0.15) is 13.2 Å². The first kappa shape index (κ1) is 27.5. The number of hydrogen-bond acceptors (Lipinski definition) is 5. The molecule has 0 spiro atoms. The summed E-state index contributed by atoms with van der Waals surface area (Å²) in [6, 6.07) is 4.12. The summed E-state index contributed by atoms with van der Waals surface area (Å²) in [5.41, 5.74) is -0.946. The van der Waals surface area contributed by atoms with Crippen molar-refractivity contribution in [3.63, 3.8) is 0 Å². The maximum Gasteiger partial charge on any atom is 0.416 e. The number of carbonyl (C=O) groups is 2. The van der Waals surface area contributed by atoms with E-state index in [1.165, 1.54) is 6.20 Å². The molecule has 5 rings (SSSR count). The van der Waals surface area contributed by atoms with Gasteiger partial charge in [-0.05, 0) is 98.8 Å². The maximum absolute atomic E-state index is 13.8. The van der Waals surface area contributed by atoms with Crippen LogP contribution in [0.1, 0.15) is 71.5 Å². The van der Waals surface area contributed by atoms with Gasteiger partial charge >= 0.3 is 12.1 Å². The molecule has 1 aromatic heterocycles. The van der Waals surface area contributed by atoms with Crippen molar-refractivity contribution in [1.82, 2.24) is 15.2 Å². The summed E-state index contributed by atoms with van der Waals surface area (Å²) in [5, 5.41) is 11.9. The largest absolute Gasteiger partial charge is 0.478 e. The summed E-state index contributed by atoms with van der Waals surface area (Å²) in [4.78, 5) is 31.0. The molecule has 3 aliphatic rings. The number of aromatic carboxylic acids is 1. The topological polar surface area (TPSA) is 91.8 Å². The molecule has 39 heavy (non-hydrogen) atoms. The molecule has 210 valence electrons. The van der Waals surface area contributed by atoms with Crippen LogP contribution in [0.2, 0.25) is 0 Å². The van der Waals surface area contributed by atoms with Crippen molar-refractivity contribution in [2.75, 3.05) is 19.7 Å². The van der Waals surface area contributed by atoms with Gasteiger partial charge in [-0.3, -0.25) is 14.7 Å². The van der Waals surface area contributed by atoms with Crippen LogP contribution < -0.4 is 5.32 Å². The van der Waals surface area contributed by atoms with Gasteiger partial charge in [0.25, 0.3) is 5.91 Å². The van der Waals surface area contributed by atoms with E-state index in [9.17, 15) is 32.3 Å². The first-order valence-corrected chi connectivity index (χ1v) is 13.3. The average Bonchev–Trinajstić information content (AvgIpc) is 3.77. The number of rotatable bonds is 7. The first-order chi connectivity index (χ1) is 18.5. The van der Waals surface area contributed by atoms with Crippen LogP contribution in [0.3, 0.4) is 0 Å². The minimum absolute atomic E-state index is 0.0438. The van der Waals surface area contributed by atoms with Crippen LogP contribution >= 0.6 is 0 Å². The third-order valence-electron chi connectivity index (χ3n) is 8.27. The number of halogens is 4. The zero-order chi connectivity index (χ0) is 27.8. The van der Waals surface area contributed by atoms with Crippen LogP contribution in [0, 0.1) is 11.7 Å². The van der Waals surface area contributed by atoms with E-state index >= 15 is 0 Å². The Balaban J connectivity index is 1.17. The molecule has 7 nitrogen and oxygen atoms in total. The molecule has 0 bridgehead atoms. The van der Waals surface area contributed by atoms with Gasteiger partial charge in [0.05, 0.1) is 17.7 Å². The lowest BCUT2D eigenvalue weighted by Crippen LogP contribution is -2.57. The quantitative estimate of drug-likeness (QED) is 0.484. The van der Waals surface area contributed by atoms with Gasteiger partial charge in [-0.15, -0.1) is 0 Å². The number of pyridine rings is 1. The van der Waals surface area contributed by atoms with E-state index in [4.69, 9.17) is 4.74 Å². The van der Waals surface area contributed by atoms with Crippen LogP contribution in [-0.4, -0.2) is 58.2 Å². The normalized spacial score (nSPS) is 24.9. The van der Waals surface area contributed by atoms with Crippen LogP contribution in [0.25, 0.3) is 0 Å². The SMILES string of the molecule is O=C(O)c1cncc(C2CCN(C3CC[C@@](C(=O)NCc4cc(F)cc(C(F)(F)F)c4)(C4CC4)OC3)CC2)c1. The number of carbonyl (C=O) groups excluding carboxylic acids is 1. The van der Waals surface area contributed by atoms with E-state index in [0.29, 0.717) is 19.1 Å². The monoisotopic (exact) mass is 549 g/mol. The Morgan fingerprint density at radius 2 is 1.82 bits per heavy atom. The van der Waals surface area contributed by atoms with Gasteiger partial charge in [-0.1, -0.05) is 0 Å². The molecule has 1 amide bonds. The molecule has 1 saturated carbocycles. The number of nitrogens with zero attached hydrogens (tertiary/aromatic N) is 2. The number of benzene rings is 1. The van der Waals surface area contributed by atoms with Gasteiger partial charge in [-0.25, -0.2) is 9.18 Å². The highest BCUT2D eigenvalue weighted by Crippen LogP contribution is 2.47. The number of carboxylic acids is 1. The molecule has 0 radical (unpaired) electrons. The van der Waals surface area contributed by atoms with Crippen molar-refractivity contribution in [1.29, 1.82) is 0 Å². The first-order valence-electron chi connectivity index (χ1n) is 13.3. The third-order valence-corrected chi connectivity index (χ3v) is 8.27. The van der Waals surface area contributed by atoms with Gasteiger partial charge in [0.1, 0.15) is 11.4 Å². The third kappa shape index (κ3) is 6.09. The van der Waals surface area contributed by atoms with E-state index in [1.807, 2.05) is 0 Å². The number of nitrogens with one attached hydrogen (secondary N) is 1. The van der Waals surface area contributed by atoms with E-state index in [2.05, 4.69) is 15.2 Å². The van der Waals surface area contributed by atoms with Gasteiger partial charge < -0.3 is 15.2 Å². The fourth-order valence-corrected chi connectivity index (χ4v) is 5.95. The highest BCUT2D eigenvalue weighted by molar-refractivity contribution is 5.87. The number of alkyl halides is 3. The number of likely N-dealkylation sites (tertiary alicyclic amines) is 1. The van der Waals surface area contributed by atoms with Crippen LogP contribution in [-0.2, 0) is 22.3 Å². The van der Waals surface area contributed by atoms with Crippen LogP contribution in [0.4, 0.5) is 17.6 Å². The Hall–Kier alpha value is -3.05. The van der Waals surface area contributed by atoms with Crippen molar-refractivity contribution in [2.24, 2.45) is 5.92 Å². The molecule has 2 saturated heterocycles. The standard InChI is InChI=1S/C28H31F4N3O4/c29-23-10-17(9-22(12-23)28(30,31)32)13-34-26(38)27(21-1-2-21)6-3-24(16-39-27)35-7-4-18(5-8-35)19-11-20(25(36)37)15-33-14-19/h9-12,14-15,18,21,24H,1-8,13,16H2,(H,34,38)(H,36,37)/t24?,27-/m0/s1. The van der Waals surface area contributed by atoms with E-state index in [-0.39, 0.29) is 41.5 Å². The van der Waals surface area contributed by atoms with Gasteiger partial charge in [0, 0.05) is 25.0 Å². The smallest absolute Gasteiger partial charge is 0.416 e. The Labute approximate surface area is 223 Å². The maximum atomic E-state index is 13.8. The number of aromatic nitrogens is 1. The minimum Gasteiger partial charge on any atom is -0.478 e. The average molecular weight is 550 g/mol. The van der Waals surface area contributed by atoms with E-state index in [1.54, 1.807) is 12.3 Å². The Kier molecular flexibility index (Phi) is 7.65. The summed E-state index contributed by atoms with van der Waals surface area (Å²) in [6.07, 6.45) is 3.10. The number of amides is 1. The predicted molar refractivity (Wildman–Crippen MR) is 132 cm³/mol. The Morgan fingerprint density at radius 1 is 1.08 bits per heavy atom. The molecule has 2 aromatic rings. The molecule has 11 heteroatoms. The van der Waals surface area contributed by atoms with Crippen LogP contribution in [0.15, 0.2) is 36.7 Å². The molecule has 1 unspecified atom stereocenters. The number of carboxylic acid groups (broad SMARTS) is 1. The van der Waals surface area contributed by atoms with E-state index in [0.717, 1.165) is 62.9 Å². The summed E-state index contributed by atoms with van der Waals surface area (Å²) in [5.74, 6) is -2.06. The van der Waals surface area contributed by atoms with Crippen molar-refractivity contribution < 1.29 is 37.0 Å². The fourth-order valence-electron chi connectivity index (χ4n) is 5.95. The van der Waals surface area contributed by atoms with Gasteiger partial charge in [0.2, 0.25) is 0 Å². The molecule has 2 N–H and O–H groups in total. The lowest BCUT2D eigenvalue weighted by atomic mass is 9.84. The second-order valence-corrected chi connectivity index (χ2v) is 10.8. The molecule has 2 aliphatic heterocycles. The lowest BCUT2D eigenvalue weighted by molar-refractivity contribution is -0.165. The summed E-state index contributed by atoms with van der Waals surface area (Å²) >= 11 is 0. The predicted octanol–water partition coefficient (Wildman–Crippen LogP) is 4.76. The van der Waals surface area contributed by atoms with Crippen molar-refractivity contribution in [3.05, 3.63) is 64.7 Å². The van der Waals surface area contributed by atoms with E-state index < -0.39 is 29.1 Å². The van der Waals surface area contributed by atoms with Crippen LogP contribution in [0.5, 0.6) is 0 Å². The summed E-state index contributed by atoms with van der Waals surface area (Å²) in [7, 11) is 0. The summed E-state index contributed by atoms with van der Waals surface area (Å²) < 4.78 is 59.2. The lowest BCUT2D eigenvalue weighted by Gasteiger charge is -2.45. The number of hydrogen-bond donors (Lipinski definition) is 2. The Bertz CT molecular complexity index is 1220. The van der Waals surface area contributed by atoms with Crippen molar-refractivity contribution >= 4 is 11.9 Å². The molecule has 2 atom stereocenters. The minimum atomic E-state index is -4.68. The highest BCUT2D eigenvalue weighted by atomic mass is 19.4. The fraction of sp³-hybridized carbons (Fsp3) is 0.536.